The second kappa shape index (κ2) is 27.5. The smallest absolute Gasteiger partial charge is 0.337 e. The molecule has 0 aliphatic heterocycles. The first kappa shape index (κ1) is 45.9. The quantitative estimate of drug-likeness (QED) is 0.0351. The molecule has 1 amide bonds. The van der Waals surface area contributed by atoms with Gasteiger partial charge in [0, 0.05) is 19.3 Å². The number of carbonyl (C=O) groups excluding carboxylic acids is 4. The summed E-state index contributed by atoms with van der Waals surface area (Å²) in [5.74, 6) is 0.210. The Bertz CT molecular complexity index is 1310. The van der Waals surface area contributed by atoms with Crippen molar-refractivity contribution in [2.24, 2.45) is 5.92 Å². The average molecular weight is 728 g/mol. The minimum atomic E-state index is -2.86. The Balaban J connectivity index is 3.08. The summed E-state index contributed by atoms with van der Waals surface area (Å²) in [6.07, 6.45) is 13.3. The molecule has 0 saturated heterocycles. The summed E-state index contributed by atoms with van der Waals surface area (Å²) in [5, 5.41) is 24.2. The lowest BCUT2D eigenvalue weighted by molar-refractivity contribution is -0.174. The molecule has 0 spiro atoms. The van der Waals surface area contributed by atoms with Crippen molar-refractivity contribution in [3.05, 3.63) is 42.0 Å². The van der Waals surface area contributed by atoms with E-state index >= 15 is 0 Å². The zero-order valence-corrected chi connectivity index (χ0v) is 31.7. The number of Topliss-reactive ketones (excluding diaryl/α,β-unsaturated/α-hetero) is 1. The van der Waals surface area contributed by atoms with Gasteiger partial charge in [-0.2, -0.15) is 0 Å². The molecule has 0 saturated carbocycles. The van der Waals surface area contributed by atoms with E-state index in [2.05, 4.69) is 24.1 Å². The van der Waals surface area contributed by atoms with E-state index < -0.39 is 47.8 Å². The van der Waals surface area contributed by atoms with Crippen LogP contribution in [0.3, 0.4) is 0 Å². The van der Waals surface area contributed by atoms with Crippen LogP contribution in [0.4, 0.5) is 0 Å². The third-order valence-corrected chi connectivity index (χ3v) is 8.41. The van der Waals surface area contributed by atoms with Crippen molar-refractivity contribution in [3.8, 4) is 17.6 Å². The van der Waals surface area contributed by atoms with Gasteiger partial charge in [-0.25, -0.2) is 9.59 Å². The molecule has 1 aromatic rings. The highest BCUT2D eigenvalue weighted by molar-refractivity contribution is 5.95. The number of aliphatic hydroxyl groups is 1. The second-order valence-electron chi connectivity index (χ2n) is 13.0. The molecule has 0 fully saturated rings. The Morgan fingerprint density at radius 1 is 0.846 bits per heavy atom. The third-order valence-electron chi connectivity index (χ3n) is 8.41. The van der Waals surface area contributed by atoms with Gasteiger partial charge in [-0.3, -0.25) is 14.4 Å². The molecule has 11 heteroatoms. The van der Waals surface area contributed by atoms with E-state index in [1.807, 2.05) is 6.92 Å². The summed E-state index contributed by atoms with van der Waals surface area (Å²) in [5.41, 5.74) is -2.20. The Labute approximate surface area is 310 Å². The number of nitrogens with one attached hydrogen (secondary N) is 1. The number of ketones is 1. The number of carboxylic acids is 1. The molecule has 0 radical (unpaired) electrons. The van der Waals surface area contributed by atoms with Crippen LogP contribution < -0.4 is 10.1 Å². The minimum Gasteiger partial charge on any atom is -0.481 e. The normalized spacial score (nSPS) is 13.2. The average Bonchev–Trinajstić information content (AvgIpc) is 3.12. The van der Waals surface area contributed by atoms with Crippen LogP contribution >= 0.6 is 0 Å². The molecule has 0 unspecified atom stereocenters. The molecule has 3 N–H and O–H groups in total. The Kier molecular flexibility index (Phi) is 24.2. The van der Waals surface area contributed by atoms with Gasteiger partial charge in [0.1, 0.15) is 24.2 Å². The number of ether oxygens (including phenoxy) is 3. The number of hydrogen-bond donors (Lipinski definition) is 3. The van der Waals surface area contributed by atoms with Crippen molar-refractivity contribution in [1.29, 1.82) is 0 Å². The highest BCUT2D eigenvalue weighted by Crippen LogP contribution is 2.26. The van der Waals surface area contributed by atoms with Gasteiger partial charge in [-0.1, -0.05) is 89.5 Å². The van der Waals surface area contributed by atoms with E-state index in [9.17, 15) is 34.2 Å². The number of allylic oxidation sites excluding steroid dienone is 1. The first-order valence-electron chi connectivity index (χ1n) is 18.9. The van der Waals surface area contributed by atoms with Crippen molar-refractivity contribution in [2.75, 3.05) is 19.8 Å². The van der Waals surface area contributed by atoms with Gasteiger partial charge in [-0.05, 0) is 63.1 Å². The summed E-state index contributed by atoms with van der Waals surface area (Å²) in [6, 6.07) is 5.62. The number of rotatable bonds is 29. The van der Waals surface area contributed by atoms with Gasteiger partial charge in [0.15, 0.2) is 5.60 Å². The van der Waals surface area contributed by atoms with E-state index in [0.717, 1.165) is 32.1 Å². The summed E-state index contributed by atoms with van der Waals surface area (Å²) in [4.78, 5) is 64.2. The fourth-order valence-corrected chi connectivity index (χ4v) is 5.40. The standard InChI is InChI=1S/C41H61NO10/c1-5-9-11-14-17-20-33(43)21-18-15-12-13-16-19-22-35(41(49,40(47)48)31-37(44)51-27-7-3)38(45)42-36(39(46)52-28-8-4)30-32-23-25-34(26-24-32)50-29-10-6-2/h19,22-26,35-36,49H,5,7-9,11-18,20-21,27-31H2,1-4H3,(H,42,45)(H,47,48)/b22-19+/t35-,36+,41+/m1/s1. The van der Waals surface area contributed by atoms with Crippen LogP contribution in [0, 0.1) is 17.8 Å². The number of carboxylic acid groups (broad SMARTS) is 1. The highest BCUT2D eigenvalue weighted by Gasteiger charge is 2.49. The Morgan fingerprint density at radius 2 is 1.46 bits per heavy atom. The van der Waals surface area contributed by atoms with Crippen LogP contribution in [-0.4, -0.2) is 71.3 Å². The molecule has 0 aliphatic carbocycles. The molecule has 3 atom stereocenters. The molecule has 0 bridgehead atoms. The summed E-state index contributed by atoms with van der Waals surface area (Å²) in [6.45, 7) is 7.80. The van der Waals surface area contributed by atoms with E-state index in [1.54, 1.807) is 44.2 Å². The van der Waals surface area contributed by atoms with E-state index in [1.165, 1.54) is 25.3 Å². The Hall–Kier alpha value is -4.17. The zero-order chi connectivity index (χ0) is 38.6. The molecule has 52 heavy (non-hydrogen) atoms. The number of unbranched alkanes of at least 4 members (excludes halogenated alkanes) is 8. The molecule has 1 rings (SSSR count). The number of aliphatic carboxylic acids is 1. The number of hydrogen-bond acceptors (Lipinski definition) is 9. The van der Waals surface area contributed by atoms with Crippen LogP contribution in [0.5, 0.6) is 5.75 Å². The molecule has 11 nitrogen and oxygen atoms in total. The molecule has 0 aliphatic rings. The topological polar surface area (TPSA) is 166 Å². The number of carbonyl (C=O) groups is 5. The lowest BCUT2D eigenvalue weighted by Crippen LogP contribution is -2.55. The maximum Gasteiger partial charge on any atom is 0.337 e. The monoisotopic (exact) mass is 727 g/mol. The fourth-order valence-electron chi connectivity index (χ4n) is 5.40. The molecular weight excluding hydrogens is 666 g/mol. The van der Waals surface area contributed by atoms with Crippen LogP contribution in [0.15, 0.2) is 36.4 Å². The van der Waals surface area contributed by atoms with Gasteiger partial charge in [0.05, 0.1) is 25.6 Å². The summed E-state index contributed by atoms with van der Waals surface area (Å²) < 4.78 is 15.9. The van der Waals surface area contributed by atoms with Crippen molar-refractivity contribution in [1.82, 2.24) is 5.32 Å². The van der Waals surface area contributed by atoms with E-state index in [0.29, 0.717) is 49.8 Å². The van der Waals surface area contributed by atoms with Gasteiger partial charge in [-0.15, -0.1) is 5.92 Å². The van der Waals surface area contributed by atoms with Gasteiger partial charge in [0.2, 0.25) is 5.91 Å². The van der Waals surface area contributed by atoms with Crippen LogP contribution in [0.2, 0.25) is 0 Å². The van der Waals surface area contributed by atoms with E-state index in [4.69, 9.17) is 14.2 Å². The molecule has 1 aromatic carbocycles. The largest absolute Gasteiger partial charge is 0.481 e. The van der Waals surface area contributed by atoms with E-state index in [-0.39, 0.29) is 32.0 Å². The zero-order valence-electron chi connectivity index (χ0n) is 31.7. The first-order chi connectivity index (χ1) is 25.0. The van der Waals surface area contributed by atoms with Crippen LogP contribution in [0.25, 0.3) is 0 Å². The third kappa shape index (κ3) is 18.9. The van der Waals surface area contributed by atoms with Crippen molar-refractivity contribution >= 4 is 29.6 Å². The van der Waals surface area contributed by atoms with Crippen LogP contribution in [0.1, 0.15) is 130 Å². The maximum absolute atomic E-state index is 13.9. The first-order valence-corrected chi connectivity index (χ1v) is 18.9. The van der Waals surface area contributed by atoms with Gasteiger partial charge >= 0.3 is 17.9 Å². The van der Waals surface area contributed by atoms with Crippen molar-refractivity contribution < 1.29 is 48.4 Å². The molecule has 0 aromatic heterocycles. The fraction of sp³-hybridized carbons (Fsp3) is 0.634. The number of benzene rings is 1. The van der Waals surface area contributed by atoms with Crippen molar-refractivity contribution in [2.45, 2.75) is 142 Å². The molecule has 0 heterocycles. The van der Waals surface area contributed by atoms with Crippen molar-refractivity contribution in [3.63, 3.8) is 0 Å². The van der Waals surface area contributed by atoms with Gasteiger partial charge in [0.25, 0.3) is 0 Å². The predicted octanol–water partition coefficient (Wildman–Crippen LogP) is 6.67. The predicted molar refractivity (Wildman–Crippen MR) is 199 cm³/mol. The maximum atomic E-state index is 13.9. The number of esters is 2. The second-order valence-corrected chi connectivity index (χ2v) is 13.0. The lowest BCUT2D eigenvalue weighted by Gasteiger charge is -2.30. The van der Waals surface area contributed by atoms with Crippen LogP contribution in [-0.2, 0) is 39.9 Å². The minimum absolute atomic E-state index is 0.00513. The SMILES string of the molecule is CC#CCOc1ccc(C[C@H](NC(=O)[C@@H](/C=C/CCCCCCC(=O)CCCCCCC)[C@@](O)(CC(=O)OCCC)C(=O)O)C(=O)OCCC)cc1. The lowest BCUT2D eigenvalue weighted by atomic mass is 9.82. The number of amides is 1. The van der Waals surface area contributed by atoms with Gasteiger partial charge < -0.3 is 29.7 Å². The highest BCUT2D eigenvalue weighted by atomic mass is 16.5. The summed E-state index contributed by atoms with van der Waals surface area (Å²) in [7, 11) is 0. The molecule has 290 valence electrons. The summed E-state index contributed by atoms with van der Waals surface area (Å²) >= 11 is 0. The Morgan fingerprint density at radius 3 is 2.06 bits per heavy atom. The molecular formula is C41H61NO10.